The number of hydrogen-bond donors (Lipinski definition) is 1. The van der Waals surface area contributed by atoms with Crippen LogP contribution < -0.4 is 10.2 Å². The standard InChI is InChI=1S/C16H27N3S/c1-10(2)15-14(8-17-13-5-6-13)20-16(18-15)19-9-11(3)7-12(19)4/h10-13,17H,5-9H2,1-4H3. The molecule has 0 spiro atoms. The third kappa shape index (κ3) is 3.01. The Balaban J connectivity index is 1.78. The third-order valence-corrected chi connectivity index (χ3v) is 5.53. The van der Waals surface area contributed by atoms with Gasteiger partial charge in [-0.2, -0.15) is 0 Å². The minimum absolute atomic E-state index is 0.520. The molecule has 2 heterocycles. The Hall–Kier alpha value is -0.610. The van der Waals surface area contributed by atoms with Crippen LogP contribution in [0.3, 0.4) is 0 Å². The van der Waals surface area contributed by atoms with Crippen LogP contribution in [-0.2, 0) is 6.54 Å². The second-order valence-electron chi connectivity index (χ2n) is 6.96. The normalized spacial score (nSPS) is 26.8. The number of nitrogens with zero attached hydrogens (tertiary/aromatic N) is 2. The van der Waals surface area contributed by atoms with Gasteiger partial charge in [0.25, 0.3) is 0 Å². The topological polar surface area (TPSA) is 28.2 Å². The van der Waals surface area contributed by atoms with Gasteiger partial charge in [0.1, 0.15) is 0 Å². The van der Waals surface area contributed by atoms with Gasteiger partial charge in [-0.3, -0.25) is 0 Å². The van der Waals surface area contributed by atoms with E-state index < -0.39 is 0 Å². The Morgan fingerprint density at radius 2 is 2.10 bits per heavy atom. The number of anilines is 1. The fraction of sp³-hybridized carbons (Fsp3) is 0.812. The molecule has 0 bridgehead atoms. The zero-order valence-corrected chi connectivity index (χ0v) is 14.0. The first-order valence-electron chi connectivity index (χ1n) is 8.04. The van der Waals surface area contributed by atoms with Crippen LogP contribution in [0.25, 0.3) is 0 Å². The SMILES string of the molecule is CC1CC(C)N(c2nc(C(C)C)c(CNC3CC3)s2)C1. The second-order valence-corrected chi connectivity index (χ2v) is 8.02. The largest absolute Gasteiger partial charge is 0.345 e. The molecule has 0 aromatic carbocycles. The summed E-state index contributed by atoms with van der Waals surface area (Å²) in [5.74, 6) is 1.32. The van der Waals surface area contributed by atoms with Gasteiger partial charge >= 0.3 is 0 Å². The smallest absolute Gasteiger partial charge is 0.186 e. The van der Waals surface area contributed by atoms with Crippen molar-refractivity contribution in [2.24, 2.45) is 5.92 Å². The molecule has 3 nitrogen and oxygen atoms in total. The van der Waals surface area contributed by atoms with E-state index in [0.717, 1.165) is 18.5 Å². The van der Waals surface area contributed by atoms with Crippen molar-refractivity contribution in [2.45, 2.75) is 71.5 Å². The molecule has 1 aromatic heterocycles. The van der Waals surface area contributed by atoms with Crippen LogP contribution in [0.4, 0.5) is 5.13 Å². The maximum absolute atomic E-state index is 4.98. The lowest BCUT2D eigenvalue weighted by Gasteiger charge is -2.20. The van der Waals surface area contributed by atoms with Gasteiger partial charge in [-0.05, 0) is 38.0 Å². The molecule has 1 aliphatic carbocycles. The van der Waals surface area contributed by atoms with Gasteiger partial charge in [0.05, 0.1) is 5.69 Å². The highest BCUT2D eigenvalue weighted by Crippen LogP contribution is 2.36. The molecule has 2 fully saturated rings. The van der Waals surface area contributed by atoms with Gasteiger partial charge in [0.15, 0.2) is 5.13 Å². The molecular formula is C16H27N3S. The van der Waals surface area contributed by atoms with Gasteiger partial charge in [0.2, 0.25) is 0 Å². The van der Waals surface area contributed by atoms with Crippen molar-refractivity contribution >= 4 is 16.5 Å². The predicted molar refractivity (Wildman–Crippen MR) is 86.7 cm³/mol. The summed E-state index contributed by atoms with van der Waals surface area (Å²) in [5, 5.41) is 4.89. The summed E-state index contributed by atoms with van der Waals surface area (Å²) in [6, 6.07) is 1.41. The van der Waals surface area contributed by atoms with E-state index >= 15 is 0 Å². The molecule has 0 radical (unpaired) electrons. The zero-order chi connectivity index (χ0) is 14.3. The van der Waals surface area contributed by atoms with E-state index in [1.54, 1.807) is 0 Å². The third-order valence-electron chi connectivity index (χ3n) is 4.42. The molecule has 1 N–H and O–H groups in total. The second kappa shape index (κ2) is 5.64. The highest BCUT2D eigenvalue weighted by molar-refractivity contribution is 7.15. The fourth-order valence-electron chi connectivity index (χ4n) is 3.14. The first-order chi connectivity index (χ1) is 9.54. The van der Waals surface area contributed by atoms with Gasteiger partial charge in [0, 0.05) is 30.1 Å². The van der Waals surface area contributed by atoms with Crippen molar-refractivity contribution in [2.75, 3.05) is 11.4 Å². The van der Waals surface area contributed by atoms with E-state index in [1.165, 1.54) is 41.5 Å². The van der Waals surface area contributed by atoms with Gasteiger partial charge in [-0.25, -0.2) is 4.98 Å². The van der Waals surface area contributed by atoms with Gasteiger partial charge < -0.3 is 10.2 Å². The minimum Gasteiger partial charge on any atom is -0.345 e. The highest BCUT2D eigenvalue weighted by Gasteiger charge is 2.30. The van der Waals surface area contributed by atoms with Crippen LogP contribution in [0, 0.1) is 5.92 Å². The lowest BCUT2D eigenvalue weighted by atomic mass is 10.1. The zero-order valence-electron chi connectivity index (χ0n) is 13.1. The Labute approximate surface area is 126 Å². The van der Waals surface area contributed by atoms with Crippen LogP contribution in [0.5, 0.6) is 0 Å². The summed E-state index contributed by atoms with van der Waals surface area (Å²) in [6.45, 7) is 11.4. The Morgan fingerprint density at radius 1 is 1.35 bits per heavy atom. The van der Waals surface area contributed by atoms with Crippen molar-refractivity contribution in [1.29, 1.82) is 0 Å². The molecule has 0 amide bonds. The lowest BCUT2D eigenvalue weighted by Crippen LogP contribution is -2.26. The summed E-state index contributed by atoms with van der Waals surface area (Å²) >= 11 is 1.91. The molecular weight excluding hydrogens is 266 g/mol. The van der Waals surface area contributed by atoms with Crippen LogP contribution in [0.1, 0.15) is 63.4 Å². The van der Waals surface area contributed by atoms with E-state index in [-0.39, 0.29) is 0 Å². The predicted octanol–water partition coefficient (Wildman–Crippen LogP) is 3.75. The molecule has 1 saturated heterocycles. The Kier molecular flexibility index (Phi) is 4.04. The van der Waals surface area contributed by atoms with Crippen LogP contribution in [0.15, 0.2) is 0 Å². The average Bonchev–Trinajstić information content (AvgIpc) is 3.01. The molecule has 1 saturated carbocycles. The maximum atomic E-state index is 4.98. The molecule has 2 aliphatic rings. The number of thiazole rings is 1. The van der Waals surface area contributed by atoms with Crippen LogP contribution in [-0.4, -0.2) is 23.6 Å². The Morgan fingerprint density at radius 3 is 2.65 bits per heavy atom. The summed E-state index contributed by atoms with van der Waals surface area (Å²) in [7, 11) is 0. The summed E-state index contributed by atoms with van der Waals surface area (Å²) < 4.78 is 0. The molecule has 20 heavy (non-hydrogen) atoms. The van der Waals surface area contributed by atoms with E-state index in [4.69, 9.17) is 4.98 Å². The average molecular weight is 293 g/mol. The first-order valence-corrected chi connectivity index (χ1v) is 8.86. The fourth-order valence-corrected chi connectivity index (χ4v) is 4.42. The lowest BCUT2D eigenvalue weighted by molar-refractivity contribution is 0.625. The number of aromatic nitrogens is 1. The van der Waals surface area contributed by atoms with E-state index in [0.29, 0.717) is 12.0 Å². The van der Waals surface area contributed by atoms with Crippen molar-refractivity contribution in [3.63, 3.8) is 0 Å². The van der Waals surface area contributed by atoms with Crippen LogP contribution in [0.2, 0.25) is 0 Å². The van der Waals surface area contributed by atoms with E-state index in [1.807, 2.05) is 11.3 Å². The molecule has 2 atom stereocenters. The van der Waals surface area contributed by atoms with Crippen molar-refractivity contribution in [1.82, 2.24) is 10.3 Å². The molecule has 1 aromatic rings. The molecule has 3 rings (SSSR count). The monoisotopic (exact) mass is 293 g/mol. The minimum atomic E-state index is 0.520. The van der Waals surface area contributed by atoms with Crippen molar-refractivity contribution in [3.05, 3.63) is 10.6 Å². The maximum Gasteiger partial charge on any atom is 0.186 e. The van der Waals surface area contributed by atoms with Gasteiger partial charge in [-0.15, -0.1) is 11.3 Å². The molecule has 2 unspecified atom stereocenters. The molecule has 112 valence electrons. The van der Waals surface area contributed by atoms with E-state index in [2.05, 4.69) is 37.9 Å². The Bertz CT molecular complexity index is 464. The summed E-state index contributed by atoms with van der Waals surface area (Å²) in [4.78, 5) is 8.95. The first kappa shape index (κ1) is 14.3. The highest BCUT2D eigenvalue weighted by atomic mass is 32.1. The van der Waals surface area contributed by atoms with Crippen LogP contribution >= 0.6 is 11.3 Å². The number of rotatable bonds is 5. The quantitative estimate of drug-likeness (QED) is 0.896. The number of nitrogens with one attached hydrogen (secondary N) is 1. The summed E-state index contributed by atoms with van der Waals surface area (Å²) in [5.41, 5.74) is 1.31. The van der Waals surface area contributed by atoms with Crippen molar-refractivity contribution in [3.8, 4) is 0 Å². The molecule has 4 heteroatoms. The number of hydrogen-bond acceptors (Lipinski definition) is 4. The van der Waals surface area contributed by atoms with E-state index in [9.17, 15) is 0 Å². The molecule has 1 aliphatic heterocycles. The summed E-state index contributed by atoms with van der Waals surface area (Å²) in [6.07, 6.45) is 4.00. The van der Waals surface area contributed by atoms with Crippen molar-refractivity contribution < 1.29 is 0 Å². The van der Waals surface area contributed by atoms with Gasteiger partial charge in [-0.1, -0.05) is 20.8 Å².